The summed E-state index contributed by atoms with van der Waals surface area (Å²) >= 11 is 0. The molecule has 0 saturated heterocycles. The van der Waals surface area contributed by atoms with E-state index in [0.29, 0.717) is 0 Å². The Morgan fingerprint density at radius 1 is 0.345 bits per heavy atom. The summed E-state index contributed by atoms with van der Waals surface area (Å²) in [7, 11) is -1.88. The fourth-order valence-corrected chi connectivity index (χ4v) is 12.2. The molecule has 0 radical (unpaired) electrons. The summed E-state index contributed by atoms with van der Waals surface area (Å²) in [6, 6.07) is 66.3. The lowest BCUT2D eigenvalue weighted by Crippen LogP contribution is -2.49. The summed E-state index contributed by atoms with van der Waals surface area (Å²) < 4.78 is 0. The minimum Gasteiger partial charge on any atom is -0.227 e. The topological polar surface area (TPSA) is 25.8 Å². The Morgan fingerprint density at radius 2 is 0.855 bits per heavy atom. The lowest BCUT2D eigenvalue weighted by Gasteiger charge is -2.19. The standard InChI is InChI=1S/C52H36N2Si/c1-55(2)47-25-11-10-24-44(47)49-48(55)29-28-45-50(33-14-4-3-5-15-33)53-52(54-51(45)49)38-19-13-18-36(31-38)34-16-12-17-35(30-34)37-26-27-43-41-22-7-6-20-39(41)40-21-8-9-23-42(40)46(43)32-37/h3-32H,1-2H3. The van der Waals surface area contributed by atoms with Gasteiger partial charge in [-0.15, -0.1) is 0 Å². The van der Waals surface area contributed by atoms with Gasteiger partial charge in [-0.3, -0.25) is 0 Å². The fourth-order valence-electron chi connectivity index (χ4n) is 9.13. The first-order valence-electron chi connectivity index (χ1n) is 19.1. The van der Waals surface area contributed by atoms with Crippen LogP contribution in [0.3, 0.4) is 0 Å². The predicted octanol–water partition coefficient (Wildman–Crippen LogP) is 12.6. The third-order valence-corrected chi connectivity index (χ3v) is 15.4. The van der Waals surface area contributed by atoms with Crippen LogP contribution >= 0.6 is 0 Å². The van der Waals surface area contributed by atoms with Gasteiger partial charge < -0.3 is 0 Å². The van der Waals surface area contributed by atoms with E-state index in [1.807, 2.05) is 0 Å². The van der Waals surface area contributed by atoms with Gasteiger partial charge in [0.25, 0.3) is 0 Å². The van der Waals surface area contributed by atoms with E-state index in [1.54, 1.807) is 0 Å². The van der Waals surface area contributed by atoms with Gasteiger partial charge in [0.2, 0.25) is 0 Å². The lowest BCUT2D eigenvalue weighted by atomic mass is 9.91. The van der Waals surface area contributed by atoms with E-state index in [0.717, 1.165) is 44.7 Å². The number of fused-ring (bicyclic) bond motifs is 11. The number of nitrogens with zero attached hydrogens (tertiary/aromatic N) is 2. The fraction of sp³-hybridized carbons (Fsp3) is 0.0385. The van der Waals surface area contributed by atoms with Gasteiger partial charge in [-0.1, -0.05) is 177 Å². The number of hydrogen-bond acceptors (Lipinski definition) is 2. The summed E-state index contributed by atoms with van der Waals surface area (Å²) in [4.78, 5) is 10.8. The molecule has 11 rings (SSSR count). The first kappa shape index (κ1) is 31.8. The van der Waals surface area contributed by atoms with Gasteiger partial charge in [0.1, 0.15) is 8.07 Å². The summed E-state index contributed by atoms with van der Waals surface area (Å²) in [5.74, 6) is 0.746. The molecular weight excluding hydrogens is 681 g/mol. The van der Waals surface area contributed by atoms with Crippen LogP contribution < -0.4 is 10.4 Å². The van der Waals surface area contributed by atoms with Crippen LogP contribution in [0.2, 0.25) is 13.1 Å². The molecule has 2 nitrogen and oxygen atoms in total. The van der Waals surface area contributed by atoms with Crippen molar-refractivity contribution in [2.24, 2.45) is 0 Å². The third-order valence-electron chi connectivity index (χ3n) is 11.9. The van der Waals surface area contributed by atoms with Crippen molar-refractivity contribution in [3.63, 3.8) is 0 Å². The van der Waals surface area contributed by atoms with E-state index in [-0.39, 0.29) is 0 Å². The van der Waals surface area contributed by atoms with Crippen LogP contribution in [0, 0.1) is 0 Å². The van der Waals surface area contributed by atoms with E-state index < -0.39 is 8.07 Å². The zero-order chi connectivity index (χ0) is 36.7. The Kier molecular flexibility index (Phi) is 7.04. The number of aromatic nitrogens is 2. The lowest BCUT2D eigenvalue weighted by molar-refractivity contribution is 1.23. The van der Waals surface area contributed by atoms with Crippen LogP contribution in [-0.2, 0) is 0 Å². The van der Waals surface area contributed by atoms with Crippen LogP contribution in [0.15, 0.2) is 182 Å². The molecule has 0 spiro atoms. The van der Waals surface area contributed by atoms with Crippen molar-refractivity contribution in [1.82, 2.24) is 9.97 Å². The Morgan fingerprint density at radius 3 is 1.55 bits per heavy atom. The van der Waals surface area contributed by atoms with Crippen LogP contribution in [0.25, 0.3) is 99.2 Å². The van der Waals surface area contributed by atoms with Crippen molar-refractivity contribution in [1.29, 1.82) is 0 Å². The molecule has 2 heterocycles. The van der Waals surface area contributed by atoms with Gasteiger partial charge in [0.05, 0.1) is 11.2 Å². The maximum Gasteiger partial charge on any atom is 0.160 e. The highest BCUT2D eigenvalue weighted by Crippen LogP contribution is 2.40. The minimum absolute atomic E-state index is 0.746. The summed E-state index contributed by atoms with van der Waals surface area (Å²) in [5.41, 5.74) is 11.4. The summed E-state index contributed by atoms with van der Waals surface area (Å²) in [6.07, 6.45) is 0. The Bertz CT molecular complexity index is 3150. The number of rotatable bonds is 4. The summed E-state index contributed by atoms with van der Waals surface area (Å²) in [5, 5.41) is 11.8. The monoisotopic (exact) mass is 716 g/mol. The molecule has 0 bridgehead atoms. The van der Waals surface area contributed by atoms with Gasteiger partial charge in [-0.2, -0.15) is 0 Å². The van der Waals surface area contributed by atoms with Gasteiger partial charge in [-0.05, 0) is 88.7 Å². The van der Waals surface area contributed by atoms with Crippen molar-refractivity contribution in [3.05, 3.63) is 182 Å². The Labute approximate surface area is 321 Å². The van der Waals surface area contributed by atoms with Gasteiger partial charge >= 0.3 is 0 Å². The molecule has 9 aromatic carbocycles. The maximum absolute atomic E-state index is 5.45. The second-order valence-corrected chi connectivity index (χ2v) is 19.7. The molecule has 1 aliphatic rings. The van der Waals surface area contributed by atoms with Crippen LogP contribution in [0.1, 0.15) is 0 Å². The maximum atomic E-state index is 5.45. The molecule has 0 N–H and O–H groups in total. The molecule has 3 heteroatoms. The van der Waals surface area contributed by atoms with Crippen molar-refractivity contribution < 1.29 is 0 Å². The van der Waals surface area contributed by atoms with Crippen LogP contribution in [-0.4, -0.2) is 18.0 Å². The molecule has 10 aromatic rings. The van der Waals surface area contributed by atoms with E-state index in [4.69, 9.17) is 9.97 Å². The van der Waals surface area contributed by atoms with Crippen molar-refractivity contribution in [3.8, 4) is 56.0 Å². The minimum atomic E-state index is -1.88. The average molecular weight is 717 g/mol. The molecule has 55 heavy (non-hydrogen) atoms. The summed E-state index contributed by atoms with van der Waals surface area (Å²) in [6.45, 7) is 4.92. The molecule has 0 fully saturated rings. The highest BCUT2D eigenvalue weighted by Gasteiger charge is 2.38. The normalized spacial score (nSPS) is 13.1. The van der Waals surface area contributed by atoms with Crippen LogP contribution in [0.5, 0.6) is 0 Å². The predicted molar refractivity (Wildman–Crippen MR) is 236 cm³/mol. The second kappa shape index (κ2) is 12.2. The van der Waals surface area contributed by atoms with Gasteiger partial charge in [0, 0.05) is 22.1 Å². The molecule has 1 aromatic heterocycles. The number of benzene rings is 9. The first-order chi connectivity index (χ1) is 27.0. The van der Waals surface area contributed by atoms with E-state index in [9.17, 15) is 0 Å². The molecule has 0 amide bonds. The Hall–Kier alpha value is -6.68. The zero-order valence-electron chi connectivity index (χ0n) is 30.7. The first-order valence-corrected chi connectivity index (χ1v) is 22.1. The second-order valence-electron chi connectivity index (χ2n) is 15.3. The molecule has 0 aliphatic carbocycles. The Balaban J connectivity index is 1.06. The average Bonchev–Trinajstić information content (AvgIpc) is 3.49. The van der Waals surface area contributed by atoms with Crippen molar-refractivity contribution in [2.45, 2.75) is 13.1 Å². The SMILES string of the molecule is C[Si]1(C)c2ccccc2-c2c1ccc1c(-c3ccccc3)nc(-c3cccc(-c4cccc(-c5ccc6c7ccccc7c7ccccc7c6c5)c4)c3)nc21. The van der Waals surface area contributed by atoms with E-state index in [1.165, 1.54) is 64.9 Å². The molecule has 0 saturated carbocycles. The van der Waals surface area contributed by atoms with E-state index >= 15 is 0 Å². The van der Waals surface area contributed by atoms with Crippen molar-refractivity contribution in [2.75, 3.05) is 0 Å². The molecule has 258 valence electrons. The zero-order valence-corrected chi connectivity index (χ0v) is 31.7. The van der Waals surface area contributed by atoms with Gasteiger partial charge in [-0.25, -0.2) is 9.97 Å². The molecular formula is C52H36N2Si. The van der Waals surface area contributed by atoms with Crippen LogP contribution in [0.4, 0.5) is 0 Å². The highest BCUT2D eigenvalue weighted by molar-refractivity contribution is 7.04. The molecule has 0 unspecified atom stereocenters. The molecule has 0 atom stereocenters. The van der Waals surface area contributed by atoms with E-state index in [2.05, 4.69) is 195 Å². The van der Waals surface area contributed by atoms with Crippen molar-refractivity contribution >= 4 is 61.7 Å². The van der Waals surface area contributed by atoms with Gasteiger partial charge in [0.15, 0.2) is 5.82 Å². The number of hydrogen-bond donors (Lipinski definition) is 0. The highest BCUT2D eigenvalue weighted by atomic mass is 28.3. The quantitative estimate of drug-likeness (QED) is 0.134. The largest absolute Gasteiger partial charge is 0.227 e. The molecule has 1 aliphatic heterocycles. The smallest absolute Gasteiger partial charge is 0.160 e. The third kappa shape index (κ3) is 4.94.